The Balaban J connectivity index is 1.46. The van der Waals surface area contributed by atoms with E-state index in [-0.39, 0.29) is 18.1 Å². The van der Waals surface area contributed by atoms with E-state index in [2.05, 4.69) is 20.5 Å². The van der Waals surface area contributed by atoms with Crippen LogP contribution in [0.1, 0.15) is 31.2 Å². The number of amides is 2. The summed E-state index contributed by atoms with van der Waals surface area (Å²) in [4.78, 5) is 18.5. The molecule has 2 fully saturated rings. The van der Waals surface area contributed by atoms with E-state index in [1.54, 1.807) is 6.20 Å². The molecule has 2 amide bonds. The lowest BCUT2D eigenvalue weighted by atomic mass is 10.1. The SMILES string of the molecule is O=C(NCc1ccnc(N2CCCC2)c1)NCC1(CO)CC1. The van der Waals surface area contributed by atoms with Crippen molar-refractivity contribution in [3.8, 4) is 0 Å². The first-order chi connectivity index (χ1) is 10.7. The summed E-state index contributed by atoms with van der Waals surface area (Å²) >= 11 is 0. The Morgan fingerprint density at radius 3 is 2.77 bits per heavy atom. The van der Waals surface area contributed by atoms with Crippen LogP contribution in [0.5, 0.6) is 0 Å². The fourth-order valence-corrected chi connectivity index (χ4v) is 2.77. The van der Waals surface area contributed by atoms with Gasteiger partial charge in [-0.3, -0.25) is 0 Å². The van der Waals surface area contributed by atoms with Crippen molar-refractivity contribution in [2.75, 3.05) is 31.1 Å². The van der Waals surface area contributed by atoms with E-state index in [0.717, 1.165) is 37.3 Å². The summed E-state index contributed by atoms with van der Waals surface area (Å²) in [5.41, 5.74) is 0.993. The lowest BCUT2D eigenvalue weighted by Crippen LogP contribution is -2.39. The van der Waals surface area contributed by atoms with Crippen molar-refractivity contribution in [3.05, 3.63) is 23.9 Å². The monoisotopic (exact) mass is 304 g/mol. The van der Waals surface area contributed by atoms with Gasteiger partial charge >= 0.3 is 6.03 Å². The van der Waals surface area contributed by atoms with Crippen molar-refractivity contribution in [3.63, 3.8) is 0 Å². The third-order valence-corrected chi connectivity index (χ3v) is 4.61. The van der Waals surface area contributed by atoms with E-state index in [1.165, 1.54) is 12.8 Å². The first kappa shape index (κ1) is 15.1. The third-order valence-electron chi connectivity index (χ3n) is 4.61. The van der Waals surface area contributed by atoms with Gasteiger partial charge in [0.2, 0.25) is 0 Å². The van der Waals surface area contributed by atoms with Crippen LogP contribution in [0.3, 0.4) is 0 Å². The molecule has 0 atom stereocenters. The van der Waals surface area contributed by atoms with Crippen LogP contribution in [0, 0.1) is 5.41 Å². The van der Waals surface area contributed by atoms with Crippen molar-refractivity contribution >= 4 is 11.8 Å². The molecule has 1 aliphatic heterocycles. The van der Waals surface area contributed by atoms with Gasteiger partial charge in [-0.1, -0.05) is 0 Å². The van der Waals surface area contributed by atoms with Crippen molar-refractivity contribution in [1.29, 1.82) is 0 Å². The Labute approximate surface area is 130 Å². The first-order valence-electron chi connectivity index (χ1n) is 8.03. The van der Waals surface area contributed by atoms with Gasteiger partial charge in [0.1, 0.15) is 5.82 Å². The standard InChI is InChI=1S/C16H24N4O2/c21-12-16(4-5-16)11-19-15(22)18-10-13-3-6-17-14(9-13)20-7-1-2-8-20/h3,6,9,21H,1-2,4-5,7-8,10-12H2,(H2,18,19,22). The maximum absolute atomic E-state index is 11.8. The van der Waals surface area contributed by atoms with Crippen LogP contribution < -0.4 is 15.5 Å². The van der Waals surface area contributed by atoms with E-state index in [4.69, 9.17) is 0 Å². The van der Waals surface area contributed by atoms with E-state index < -0.39 is 0 Å². The van der Waals surface area contributed by atoms with Crippen molar-refractivity contribution in [2.24, 2.45) is 5.41 Å². The fraction of sp³-hybridized carbons (Fsp3) is 0.625. The van der Waals surface area contributed by atoms with Crippen molar-refractivity contribution in [1.82, 2.24) is 15.6 Å². The number of aliphatic hydroxyl groups is 1. The smallest absolute Gasteiger partial charge is 0.315 e. The molecule has 2 heterocycles. The predicted molar refractivity (Wildman–Crippen MR) is 84.7 cm³/mol. The lowest BCUT2D eigenvalue weighted by molar-refractivity contribution is 0.203. The second kappa shape index (κ2) is 6.52. The average Bonchev–Trinajstić information content (AvgIpc) is 3.13. The highest BCUT2D eigenvalue weighted by molar-refractivity contribution is 5.73. The van der Waals surface area contributed by atoms with Crippen LogP contribution in [0.25, 0.3) is 0 Å². The number of aromatic nitrogens is 1. The Morgan fingerprint density at radius 1 is 1.32 bits per heavy atom. The van der Waals surface area contributed by atoms with Crippen molar-refractivity contribution in [2.45, 2.75) is 32.2 Å². The predicted octanol–water partition coefficient (Wildman–Crippen LogP) is 1.25. The highest BCUT2D eigenvalue weighted by atomic mass is 16.3. The molecular weight excluding hydrogens is 280 g/mol. The zero-order chi connectivity index (χ0) is 15.4. The van der Waals surface area contributed by atoms with Gasteiger partial charge in [-0.05, 0) is 43.4 Å². The fourth-order valence-electron chi connectivity index (χ4n) is 2.77. The molecule has 3 rings (SSSR count). The Bertz CT molecular complexity index is 525. The van der Waals surface area contributed by atoms with Crippen molar-refractivity contribution < 1.29 is 9.90 Å². The molecule has 0 radical (unpaired) electrons. The number of hydrogen-bond donors (Lipinski definition) is 3. The topological polar surface area (TPSA) is 77.5 Å². The molecule has 1 aliphatic carbocycles. The maximum atomic E-state index is 11.8. The van der Waals surface area contributed by atoms with Gasteiger partial charge in [0.25, 0.3) is 0 Å². The molecule has 0 unspecified atom stereocenters. The van der Waals surface area contributed by atoms with Gasteiger partial charge in [-0.15, -0.1) is 0 Å². The molecule has 6 nitrogen and oxygen atoms in total. The number of urea groups is 1. The molecule has 0 aromatic carbocycles. The summed E-state index contributed by atoms with van der Waals surface area (Å²) in [7, 11) is 0. The normalized spacial score (nSPS) is 19.0. The number of carbonyl (C=O) groups excluding carboxylic acids is 1. The van der Waals surface area contributed by atoms with Gasteiger partial charge in [0, 0.05) is 37.8 Å². The molecule has 1 aromatic rings. The van der Waals surface area contributed by atoms with E-state index in [9.17, 15) is 9.90 Å². The molecule has 0 spiro atoms. The van der Waals surface area contributed by atoms with E-state index in [1.807, 2.05) is 12.1 Å². The number of pyridine rings is 1. The zero-order valence-corrected chi connectivity index (χ0v) is 12.8. The summed E-state index contributed by atoms with van der Waals surface area (Å²) in [6.07, 6.45) is 6.23. The Kier molecular flexibility index (Phi) is 4.47. The van der Waals surface area contributed by atoms with Crippen LogP contribution in [0.4, 0.5) is 10.6 Å². The van der Waals surface area contributed by atoms with Crippen LogP contribution >= 0.6 is 0 Å². The minimum absolute atomic E-state index is 0.0586. The molecule has 1 saturated heterocycles. The largest absolute Gasteiger partial charge is 0.396 e. The van der Waals surface area contributed by atoms with Gasteiger partial charge in [0.05, 0.1) is 6.61 Å². The maximum Gasteiger partial charge on any atom is 0.315 e. The summed E-state index contributed by atoms with van der Waals surface area (Å²) in [5, 5.41) is 14.9. The molecular formula is C16H24N4O2. The second-order valence-electron chi connectivity index (χ2n) is 6.41. The minimum atomic E-state index is -0.181. The van der Waals surface area contributed by atoms with E-state index >= 15 is 0 Å². The molecule has 120 valence electrons. The molecule has 22 heavy (non-hydrogen) atoms. The average molecular weight is 304 g/mol. The summed E-state index contributed by atoms with van der Waals surface area (Å²) < 4.78 is 0. The lowest BCUT2D eigenvalue weighted by Gasteiger charge is -2.17. The quantitative estimate of drug-likeness (QED) is 0.739. The number of nitrogens with zero attached hydrogens (tertiary/aromatic N) is 2. The number of hydrogen-bond acceptors (Lipinski definition) is 4. The molecule has 1 aromatic heterocycles. The summed E-state index contributed by atoms with van der Waals surface area (Å²) in [6, 6.07) is 3.79. The molecule has 3 N–H and O–H groups in total. The minimum Gasteiger partial charge on any atom is -0.396 e. The highest BCUT2D eigenvalue weighted by Gasteiger charge is 2.42. The van der Waals surface area contributed by atoms with Crippen LogP contribution in [-0.2, 0) is 6.54 Å². The summed E-state index contributed by atoms with van der Waals surface area (Å²) in [5.74, 6) is 0.995. The first-order valence-corrected chi connectivity index (χ1v) is 8.03. The zero-order valence-electron chi connectivity index (χ0n) is 12.8. The van der Waals surface area contributed by atoms with Crippen LogP contribution in [-0.4, -0.2) is 42.4 Å². The number of aliphatic hydroxyl groups excluding tert-OH is 1. The van der Waals surface area contributed by atoms with Gasteiger partial charge in [0.15, 0.2) is 0 Å². The van der Waals surface area contributed by atoms with Crippen LogP contribution in [0.15, 0.2) is 18.3 Å². The number of rotatable bonds is 6. The Hall–Kier alpha value is -1.82. The third kappa shape index (κ3) is 3.68. The van der Waals surface area contributed by atoms with Gasteiger partial charge < -0.3 is 20.6 Å². The van der Waals surface area contributed by atoms with Crippen LogP contribution in [0.2, 0.25) is 0 Å². The van der Waals surface area contributed by atoms with Gasteiger partial charge in [-0.2, -0.15) is 0 Å². The number of carbonyl (C=O) groups is 1. The molecule has 6 heteroatoms. The summed E-state index contributed by atoms with van der Waals surface area (Å²) in [6.45, 7) is 3.31. The highest BCUT2D eigenvalue weighted by Crippen LogP contribution is 2.44. The molecule has 2 aliphatic rings. The van der Waals surface area contributed by atoms with Gasteiger partial charge in [-0.25, -0.2) is 9.78 Å². The molecule has 1 saturated carbocycles. The van der Waals surface area contributed by atoms with E-state index in [0.29, 0.717) is 13.1 Å². The number of nitrogens with one attached hydrogen (secondary N) is 2. The number of anilines is 1. The Morgan fingerprint density at radius 2 is 2.09 bits per heavy atom. The second-order valence-corrected chi connectivity index (χ2v) is 6.41. The molecule has 0 bridgehead atoms.